The fraction of sp³-hybridized carbons (Fsp3) is 0.552. The molecule has 45 heavy (non-hydrogen) atoms. The zero-order valence-electron chi connectivity index (χ0n) is 25.1. The summed E-state index contributed by atoms with van der Waals surface area (Å²) < 4.78 is 123. The molecule has 1 atom stereocenters. The van der Waals surface area contributed by atoms with Crippen LogP contribution in [0.4, 0.5) is 45.5 Å². The third-order valence-electron chi connectivity index (χ3n) is 8.13. The number of hydrogen-bond acceptors (Lipinski definition) is 6. The molecule has 0 spiro atoms. The molecule has 1 aromatic heterocycles. The molecule has 0 N–H and O–H groups in total. The highest BCUT2D eigenvalue weighted by Gasteiger charge is 2.38. The molecule has 0 aliphatic carbocycles. The van der Waals surface area contributed by atoms with Gasteiger partial charge < -0.3 is 9.80 Å². The van der Waals surface area contributed by atoms with Crippen LogP contribution in [0.3, 0.4) is 0 Å². The molecule has 0 radical (unpaired) electrons. The molecule has 1 aliphatic rings. The molecule has 0 saturated carbocycles. The Morgan fingerprint density at radius 1 is 0.822 bits per heavy atom. The van der Waals surface area contributed by atoms with Gasteiger partial charge in [0.2, 0.25) is 0 Å². The molecule has 16 heteroatoms. The standard InChI is InChI=1S/C29H34F9N7/c1-5-25(43(3)23-8-10-42(2)11-9-23)24-7-6-20(27(30,31)32)14-19(24)17-45(26-39-41-44(4)40-26)16-18-12-21(28(33,34)35)15-22(13-18)29(36,37)38/h6-7,12-15,23,25H,5,8-11,16-17H2,1-4H3. The number of anilines is 1. The minimum atomic E-state index is -5.08. The normalized spacial score (nSPS) is 16.4. The van der Waals surface area contributed by atoms with Crippen molar-refractivity contribution in [3.63, 3.8) is 0 Å². The number of likely N-dealkylation sites (tertiary alicyclic amines) is 1. The molecule has 0 amide bonds. The van der Waals surface area contributed by atoms with Gasteiger partial charge in [-0.25, -0.2) is 0 Å². The average molecular weight is 652 g/mol. The molecule has 3 aromatic rings. The Morgan fingerprint density at radius 3 is 1.89 bits per heavy atom. The van der Waals surface area contributed by atoms with E-state index >= 15 is 0 Å². The van der Waals surface area contributed by atoms with Crippen LogP contribution in [0.2, 0.25) is 0 Å². The fourth-order valence-corrected chi connectivity index (χ4v) is 5.76. The van der Waals surface area contributed by atoms with Crippen LogP contribution in [0, 0.1) is 0 Å². The van der Waals surface area contributed by atoms with E-state index in [1.165, 1.54) is 18.0 Å². The summed E-state index contributed by atoms with van der Waals surface area (Å²) in [5.41, 5.74) is -3.60. The van der Waals surface area contributed by atoms with Crippen LogP contribution in [-0.2, 0) is 38.7 Å². The van der Waals surface area contributed by atoms with Gasteiger partial charge >= 0.3 is 18.5 Å². The Kier molecular flexibility index (Phi) is 10.1. The molecule has 2 heterocycles. The highest BCUT2D eigenvalue weighted by atomic mass is 19.4. The Morgan fingerprint density at radius 2 is 1.40 bits per heavy atom. The molecule has 7 nitrogen and oxygen atoms in total. The first-order chi connectivity index (χ1) is 20.9. The number of tetrazole rings is 1. The van der Waals surface area contributed by atoms with E-state index < -0.39 is 41.8 Å². The quantitative estimate of drug-likeness (QED) is 0.234. The van der Waals surface area contributed by atoms with Gasteiger partial charge in [-0.3, -0.25) is 4.90 Å². The Hall–Kier alpha value is -3.40. The lowest BCUT2D eigenvalue weighted by Gasteiger charge is -2.40. The first-order valence-electron chi connectivity index (χ1n) is 14.2. The Bertz CT molecular complexity index is 1410. The second-order valence-electron chi connectivity index (χ2n) is 11.4. The summed E-state index contributed by atoms with van der Waals surface area (Å²) in [5.74, 6) is -0.177. The molecule has 248 valence electrons. The number of nitrogens with zero attached hydrogens (tertiary/aromatic N) is 7. The van der Waals surface area contributed by atoms with E-state index in [1.807, 2.05) is 21.0 Å². The average Bonchev–Trinajstić information content (AvgIpc) is 3.38. The van der Waals surface area contributed by atoms with Crippen molar-refractivity contribution >= 4 is 5.95 Å². The van der Waals surface area contributed by atoms with E-state index in [2.05, 4.69) is 25.2 Å². The molecule has 0 bridgehead atoms. The molecular weight excluding hydrogens is 617 g/mol. The first kappa shape index (κ1) is 34.5. The van der Waals surface area contributed by atoms with Gasteiger partial charge in [-0.1, -0.05) is 18.1 Å². The van der Waals surface area contributed by atoms with Crippen molar-refractivity contribution in [2.75, 3.05) is 32.1 Å². The van der Waals surface area contributed by atoms with Crippen molar-refractivity contribution < 1.29 is 39.5 Å². The zero-order chi connectivity index (χ0) is 33.3. The summed E-state index contributed by atoms with van der Waals surface area (Å²) in [6, 6.07) is 4.36. The van der Waals surface area contributed by atoms with Gasteiger partial charge in [0.05, 0.1) is 23.7 Å². The highest BCUT2D eigenvalue weighted by molar-refractivity contribution is 5.42. The summed E-state index contributed by atoms with van der Waals surface area (Å²) in [6.07, 6.45) is -12.6. The van der Waals surface area contributed by atoms with Gasteiger partial charge in [0.1, 0.15) is 0 Å². The van der Waals surface area contributed by atoms with Crippen LogP contribution >= 0.6 is 0 Å². The van der Waals surface area contributed by atoms with E-state index in [0.29, 0.717) is 24.1 Å². The number of piperidine rings is 1. The van der Waals surface area contributed by atoms with E-state index in [-0.39, 0.29) is 41.8 Å². The van der Waals surface area contributed by atoms with Gasteiger partial charge in [-0.2, -0.15) is 44.3 Å². The van der Waals surface area contributed by atoms with Crippen molar-refractivity contribution in [3.05, 3.63) is 69.8 Å². The lowest BCUT2D eigenvalue weighted by Crippen LogP contribution is -2.43. The number of halogens is 9. The van der Waals surface area contributed by atoms with Crippen molar-refractivity contribution in [1.82, 2.24) is 30.0 Å². The predicted molar refractivity (Wildman–Crippen MR) is 148 cm³/mol. The number of rotatable bonds is 9. The number of aryl methyl sites for hydroxylation is 1. The number of alkyl halides is 9. The minimum Gasteiger partial charge on any atom is -0.330 e. The fourth-order valence-electron chi connectivity index (χ4n) is 5.76. The Balaban J connectivity index is 1.80. The first-order valence-corrected chi connectivity index (χ1v) is 14.2. The van der Waals surface area contributed by atoms with E-state index in [0.717, 1.165) is 42.9 Å². The maximum Gasteiger partial charge on any atom is 0.416 e. The number of benzene rings is 2. The monoisotopic (exact) mass is 651 g/mol. The van der Waals surface area contributed by atoms with Crippen LogP contribution in [0.1, 0.15) is 65.6 Å². The van der Waals surface area contributed by atoms with Gasteiger partial charge in [0.25, 0.3) is 5.95 Å². The molecule has 1 saturated heterocycles. The van der Waals surface area contributed by atoms with Crippen LogP contribution in [0.25, 0.3) is 0 Å². The van der Waals surface area contributed by atoms with E-state index in [1.54, 1.807) is 0 Å². The van der Waals surface area contributed by atoms with Gasteiger partial charge in [-0.05, 0) is 98.7 Å². The highest BCUT2D eigenvalue weighted by Crippen LogP contribution is 2.39. The smallest absolute Gasteiger partial charge is 0.330 e. The molecule has 1 aliphatic heterocycles. The number of hydrogen-bond donors (Lipinski definition) is 0. The molecule has 1 unspecified atom stereocenters. The van der Waals surface area contributed by atoms with Crippen molar-refractivity contribution in [2.24, 2.45) is 7.05 Å². The lowest BCUT2D eigenvalue weighted by atomic mass is 9.92. The van der Waals surface area contributed by atoms with Crippen LogP contribution in [0.15, 0.2) is 36.4 Å². The summed E-state index contributed by atoms with van der Waals surface area (Å²) in [6.45, 7) is 2.69. The largest absolute Gasteiger partial charge is 0.416 e. The van der Waals surface area contributed by atoms with Gasteiger partial charge in [-0.15, -0.1) is 5.10 Å². The SMILES string of the molecule is CCC(c1ccc(C(F)(F)F)cc1CN(Cc1cc(C(F)(F)F)cc(C(F)(F)F)c1)c1nnn(C)n1)N(C)C1CCN(C)CC1. The third-order valence-corrected chi connectivity index (χ3v) is 8.13. The third kappa shape index (κ3) is 8.45. The topological polar surface area (TPSA) is 53.3 Å². The maximum atomic E-state index is 13.9. The van der Waals surface area contributed by atoms with Crippen LogP contribution < -0.4 is 4.90 Å². The predicted octanol–water partition coefficient (Wildman–Crippen LogP) is 6.95. The van der Waals surface area contributed by atoms with Crippen molar-refractivity contribution in [1.29, 1.82) is 0 Å². The second-order valence-corrected chi connectivity index (χ2v) is 11.4. The minimum absolute atomic E-state index is 0.0179. The van der Waals surface area contributed by atoms with Crippen molar-refractivity contribution in [3.8, 4) is 0 Å². The van der Waals surface area contributed by atoms with Crippen molar-refractivity contribution in [2.45, 2.75) is 69.9 Å². The number of aromatic nitrogens is 4. The lowest BCUT2D eigenvalue weighted by molar-refractivity contribution is -0.143. The summed E-state index contributed by atoms with van der Waals surface area (Å²) in [7, 11) is 5.33. The Labute approximate surface area is 254 Å². The molecule has 1 fully saturated rings. The zero-order valence-corrected chi connectivity index (χ0v) is 25.1. The molecule has 2 aromatic carbocycles. The summed E-state index contributed by atoms with van der Waals surface area (Å²) in [4.78, 5) is 6.58. The van der Waals surface area contributed by atoms with E-state index in [4.69, 9.17) is 0 Å². The van der Waals surface area contributed by atoms with Gasteiger partial charge in [0.15, 0.2) is 0 Å². The second kappa shape index (κ2) is 13.1. The van der Waals surface area contributed by atoms with Crippen LogP contribution in [0.5, 0.6) is 0 Å². The maximum absolute atomic E-state index is 13.9. The van der Waals surface area contributed by atoms with Gasteiger partial charge in [0, 0.05) is 25.2 Å². The summed E-state index contributed by atoms with van der Waals surface area (Å²) in [5, 5.41) is 11.7. The van der Waals surface area contributed by atoms with E-state index in [9.17, 15) is 39.5 Å². The molecular formula is C29H34F9N7. The van der Waals surface area contributed by atoms with Crippen LogP contribution in [-0.4, -0.2) is 63.2 Å². The summed E-state index contributed by atoms with van der Waals surface area (Å²) >= 11 is 0. The molecule has 4 rings (SSSR count).